The molecule has 4 atom stereocenters. The molecule has 1 saturated heterocycles. The maximum Gasteiger partial charge on any atom is 0.233 e. The first-order valence-corrected chi connectivity index (χ1v) is 7.35. The van der Waals surface area contributed by atoms with E-state index >= 15 is 0 Å². The van der Waals surface area contributed by atoms with Gasteiger partial charge < -0.3 is 5.11 Å². The highest BCUT2D eigenvalue weighted by Crippen LogP contribution is 2.36. The molecule has 3 rings (SSSR count). The zero-order valence-electron chi connectivity index (χ0n) is 11.1. The van der Waals surface area contributed by atoms with Crippen molar-refractivity contribution in [3.8, 4) is 0 Å². The van der Waals surface area contributed by atoms with E-state index in [4.69, 9.17) is 0 Å². The Labute approximate surface area is 113 Å². The molecule has 2 amide bonds. The van der Waals surface area contributed by atoms with E-state index < -0.39 is 0 Å². The first-order chi connectivity index (χ1) is 9.16. The van der Waals surface area contributed by atoms with Crippen LogP contribution in [0.4, 0.5) is 0 Å². The van der Waals surface area contributed by atoms with Gasteiger partial charge in [-0.2, -0.15) is 0 Å². The lowest BCUT2D eigenvalue weighted by Gasteiger charge is -2.28. The molecule has 19 heavy (non-hydrogen) atoms. The number of imide groups is 1. The number of rotatable bonds is 2. The molecule has 1 heterocycles. The first-order valence-electron chi connectivity index (χ1n) is 7.35. The van der Waals surface area contributed by atoms with Gasteiger partial charge in [0.2, 0.25) is 11.8 Å². The van der Waals surface area contributed by atoms with Gasteiger partial charge in [0.15, 0.2) is 0 Å². The number of carbonyl (C=O) groups excluding carboxylic acids is 2. The van der Waals surface area contributed by atoms with E-state index in [9.17, 15) is 14.7 Å². The molecule has 1 saturated carbocycles. The van der Waals surface area contributed by atoms with Crippen LogP contribution in [0.25, 0.3) is 0 Å². The molecule has 0 aromatic carbocycles. The summed E-state index contributed by atoms with van der Waals surface area (Å²) in [5.41, 5.74) is 0. The van der Waals surface area contributed by atoms with Crippen LogP contribution in [0.3, 0.4) is 0 Å². The fourth-order valence-corrected chi connectivity index (χ4v) is 3.74. The molecule has 4 unspecified atom stereocenters. The Bertz CT molecular complexity index is 392. The third-order valence-electron chi connectivity index (χ3n) is 4.79. The highest BCUT2D eigenvalue weighted by Gasteiger charge is 2.47. The maximum absolute atomic E-state index is 12.3. The van der Waals surface area contributed by atoms with E-state index in [2.05, 4.69) is 0 Å². The van der Waals surface area contributed by atoms with Gasteiger partial charge in [0, 0.05) is 6.54 Å². The Kier molecular flexibility index (Phi) is 3.44. The van der Waals surface area contributed by atoms with E-state index in [0.29, 0.717) is 19.4 Å². The van der Waals surface area contributed by atoms with Gasteiger partial charge in [-0.3, -0.25) is 14.5 Å². The van der Waals surface area contributed by atoms with E-state index in [1.807, 2.05) is 12.2 Å². The molecule has 0 radical (unpaired) electrons. The summed E-state index contributed by atoms with van der Waals surface area (Å²) in [5, 5.41) is 9.69. The summed E-state index contributed by atoms with van der Waals surface area (Å²) in [6.45, 7) is 0.516. The Hall–Kier alpha value is -1.16. The number of hydrogen-bond acceptors (Lipinski definition) is 3. The van der Waals surface area contributed by atoms with Crippen LogP contribution in [-0.2, 0) is 9.59 Å². The summed E-state index contributed by atoms with van der Waals surface area (Å²) in [6, 6.07) is 0. The lowest BCUT2D eigenvalue weighted by atomic mass is 9.85. The number of likely N-dealkylation sites (tertiary alicyclic amines) is 1. The van der Waals surface area contributed by atoms with Crippen LogP contribution in [-0.4, -0.2) is 34.5 Å². The van der Waals surface area contributed by atoms with Crippen LogP contribution in [0.1, 0.15) is 38.5 Å². The van der Waals surface area contributed by atoms with Crippen molar-refractivity contribution in [2.75, 3.05) is 6.54 Å². The van der Waals surface area contributed by atoms with Crippen LogP contribution in [0.5, 0.6) is 0 Å². The topological polar surface area (TPSA) is 57.6 Å². The summed E-state index contributed by atoms with van der Waals surface area (Å²) >= 11 is 0. The van der Waals surface area contributed by atoms with Crippen molar-refractivity contribution in [1.29, 1.82) is 0 Å². The van der Waals surface area contributed by atoms with Gasteiger partial charge in [-0.25, -0.2) is 0 Å². The molecule has 3 aliphatic rings. The van der Waals surface area contributed by atoms with Crippen LogP contribution in [0.2, 0.25) is 0 Å². The van der Waals surface area contributed by atoms with E-state index in [1.54, 1.807) is 0 Å². The minimum absolute atomic E-state index is 0.0133. The van der Waals surface area contributed by atoms with Gasteiger partial charge in [0.25, 0.3) is 0 Å². The second-order valence-electron chi connectivity index (χ2n) is 6.13. The van der Waals surface area contributed by atoms with Gasteiger partial charge in [0.1, 0.15) is 0 Å². The lowest BCUT2D eigenvalue weighted by Crippen LogP contribution is -2.37. The Morgan fingerprint density at radius 2 is 1.74 bits per heavy atom. The summed E-state index contributed by atoms with van der Waals surface area (Å²) in [5.74, 6) is 0.0700. The number of allylic oxidation sites excluding steroid dienone is 2. The fraction of sp³-hybridized carbons (Fsp3) is 0.733. The standard InChI is InChI=1S/C15H21NO3/c17-11-5-3-4-10(8-11)9-16-14(18)12-6-1-2-7-13(12)15(16)19/h1-2,10-13,17H,3-9H2. The van der Waals surface area contributed by atoms with Crippen molar-refractivity contribution >= 4 is 11.8 Å². The number of aliphatic hydroxyl groups excluding tert-OH is 1. The quantitative estimate of drug-likeness (QED) is 0.606. The number of amides is 2. The summed E-state index contributed by atoms with van der Waals surface area (Å²) < 4.78 is 0. The lowest BCUT2D eigenvalue weighted by molar-refractivity contribution is -0.141. The largest absolute Gasteiger partial charge is 0.393 e. The van der Waals surface area contributed by atoms with Crippen molar-refractivity contribution in [3.05, 3.63) is 12.2 Å². The Morgan fingerprint density at radius 3 is 2.32 bits per heavy atom. The zero-order chi connectivity index (χ0) is 13.4. The number of carbonyl (C=O) groups is 2. The Morgan fingerprint density at radius 1 is 1.11 bits per heavy atom. The molecule has 2 fully saturated rings. The predicted octanol–water partition coefficient (Wildman–Crippen LogP) is 1.49. The summed E-state index contributed by atoms with van der Waals surface area (Å²) in [7, 11) is 0. The second kappa shape index (κ2) is 5.08. The van der Waals surface area contributed by atoms with E-state index in [1.165, 1.54) is 4.90 Å². The predicted molar refractivity (Wildman–Crippen MR) is 70.0 cm³/mol. The van der Waals surface area contributed by atoms with Crippen LogP contribution < -0.4 is 0 Å². The van der Waals surface area contributed by atoms with Crippen molar-refractivity contribution in [2.24, 2.45) is 17.8 Å². The zero-order valence-corrected chi connectivity index (χ0v) is 11.1. The molecule has 1 N–H and O–H groups in total. The number of nitrogens with zero attached hydrogens (tertiary/aromatic N) is 1. The average Bonchev–Trinajstić information content (AvgIpc) is 2.65. The van der Waals surface area contributed by atoms with E-state index in [0.717, 1.165) is 25.7 Å². The minimum atomic E-state index is -0.254. The first kappa shape index (κ1) is 12.9. The van der Waals surface area contributed by atoms with Crippen molar-refractivity contribution in [3.63, 3.8) is 0 Å². The van der Waals surface area contributed by atoms with Crippen molar-refractivity contribution < 1.29 is 14.7 Å². The van der Waals surface area contributed by atoms with Gasteiger partial charge in [-0.05, 0) is 38.0 Å². The minimum Gasteiger partial charge on any atom is -0.393 e. The fourth-order valence-electron chi connectivity index (χ4n) is 3.74. The molecule has 1 aliphatic heterocycles. The molecular formula is C15H21NO3. The molecule has 2 aliphatic carbocycles. The maximum atomic E-state index is 12.3. The van der Waals surface area contributed by atoms with Gasteiger partial charge in [-0.15, -0.1) is 0 Å². The highest BCUT2D eigenvalue weighted by molar-refractivity contribution is 6.05. The molecule has 0 aromatic heterocycles. The van der Waals surface area contributed by atoms with Crippen molar-refractivity contribution in [1.82, 2.24) is 4.90 Å². The molecular weight excluding hydrogens is 242 g/mol. The van der Waals surface area contributed by atoms with Crippen LogP contribution in [0, 0.1) is 17.8 Å². The smallest absolute Gasteiger partial charge is 0.233 e. The van der Waals surface area contributed by atoms with Crippen molar-refractivity contribution in [2.45, 2.75) is 44.6 Å². The third kappa shape index (κ3) is 2.34. The Balaban J connectivity index is 1.68. The summed E-state index contributed by atoms with van der Waals surface area (Å²) in [4.78, 5) is 26.1. The molecule has 4 nitrogen and oxygen atoms in total. The highest BCUT2D eigenvalue weighted by atomic mass is 16.3. The number of aliphatic hydroxyl groups is 1. The second-order valence-corrected chi connectivity index (χ2v) is 6.13. The molecule has 104 valence electrons. The molecule has 0 aromatic rings. The van der Waals surface area contributed by atoms with Crippen LogP contribution >= 0.6 is 0 Å². The monoisotopic (exact) mass is 263 g/mol. The molecule has 0 spiro atoms. The molecule has 4 heteroatoms. The number of fused-ring (bicyclic) bond motifs is 1. The molecule has 0 bridgehead atoms. The van der Waals surface area contributed by atoms with Gasteiger partial charge >= 0.3 is 0 Å². The SMILES string of the molecule is O=C1C2CC=CCC2C(=O)N1CC1CCCC(O)C1. The number of hydrogen-bond donors (Lipinski definition) is 1. The average molecular weight is 263 g/mol. The third-order valence-corrected chi connectivity index (χ3v) is 4.79. The van der Waals surface area contributed by atoms with Crippen LogP contribution in [0.15, 0.2) is 12.2 Å². The van der Waals surface area contributed by atoms with Gasteiger partial charge in [-0.1, -0.05) is 18.6 Å². The summed E-state index contributed by atoms with van der Waals surface area (Å²) in [6.07, 6.45) is 8.78. The van der Waals surface area contributed by atoms with Gasteiger partial charge in [0.05, 0.1) is 17.9 Å². The van der Waals surface area contributed by atoms with E-state index in [-0.39, 0.29) is 35.7 Å². The normalized spacial score (nSPS) is 38.7.